The van der Waals surface area contributed by atoms with E-state index in [2.05, 4.69) is 43.6 Å². The Bertz CT molecular complexity index is 1930. The van der Waals surface area contributed by atoms with Crippen molar-refractivity contribution in [1.82, 2.24) is 5.32 Å². The first-order chi connectivity index (χ1) is 22.5. The Labute approximate surface area is 293 Å². The third-order valence-corrected chi connectivity index (χ3v) is 9.06. The number of carbonyl (C=O) groups excluding carboxylic acids is 2. The Morgan fingerprint density at radius 2 is 1.54 bits per heavy atom. The van der Waals surface area contributed by atoms with Crippen molar-refractivity contribution >= 4 is 56.9 Å². The van der Waals surface area contributed by atoms with Gasteiger partial charge in [-0.1, -0.05) is 105 Å². The highest BCUT2D eigenvalue weighted by Crippen LogP contribution is 2.37. The number of benzene rings is 4. The van der Waals surface area contributed by atoms with Crippen molar-refractivity contribution in [3.63, 3.8) is 0 Å². The van der Waals surface area contributed by atoms with E-state index >= 15 is 0 Å². The van der Waals surface area contributed by atoms with Gasteiger partial charge in [-0.3, -0.25) is 14.1 Å². The molecule has 0 heterocycles. The first-order valence-corrected chi connectivity index (χ1v) is 17.8. The Morgan fingerprint density at radius 1 is 0.875 bits per heavy atom. The van der Waals surface area contributed by atoms with Crippen LogP contribution in [-0.2, 0) is 21.3 Å². The van der Waals surface area contributed by atoms with Crippen molar-refractivity contribution in [2.75, 3.05) is 17.6 Å². The summed E-state index contributed by atoms with van der Waals surface area (Å²) in [5.41, 5.74) is 7.15. The molecule has 0 spiro atoms. The summed E-state index contributed by atoms with van der Waals surface area (Å²) in [5.74, 6) is -1.89. The minimum atomic E-state index is -4.19. The first kappa shape index (κ1) is 36.9. The van der Waals surface area contributed by atoms with Crippen LogP contribution in [0, 0.1) is 19.3 Å². The van der Waals surface area contributed by atoms with Gasteiger partial charge in [0, 0.05) is 22.7 Å². The third-order valence-electron chi connectivity index (χ3n) is 7.72. The molecule has 0 aliphatic heterocycles. The monoisotopic (exact) mass is 706 g/mol. The number of aryl methyl sites for hydroxylation is 2. The number of halogens is 2. The lowest BCUT2D eigenvalue weighted by molar-refractivity contribution is -0.117. The molecule has 0 saturated heterocycles. The van der Waals surface area contributed by atoms with E-state index in [0.717, 1.165) is 38.9 Å². The fourth-order valence-electron chi connectivity index (χ4n) is 5.10. The van der Waals surface area contributed by atoms with Gasteiger partial charge in [0.2, 0.25) is 5.91 Å². The van der Waals surface area contributed by atoms with E-state index in [1.54, 1.807) is 24.3 Å². The van der Waals surface area contributed by atoms with Crippen molar-refractivity contribution in [3.05, 3.63) is 128 Å². The second kappa shape index (κ2) is 15.5. The van der Waals surface area contributed by atoms with Gasteiger partial charge in [-0.05, 0) is 89.4 Å². The fourth-order valence-corrected chi connectivity index (χ4v) is 6.00. The summed E-state index contributed by atoms with van der Waals surface area (Å²) in [6.45, 7) is 10.1. The molecule has 0 aliphatic carbocycles. The van der Waals surface area contributed by atoms with E-state index in [0.29, 0.717) is 27.7 Å². The number of rotatable bonds is 11. The normalized spacial score (nSPS) is 12.6. The Kier molecular flexibility index (Phi) is 11.9. The first-order valence-electron chi connectivity index (χ1n) is 15.5. The van der Waals surface area contributed by atoms with Gasteiger partial charge >= 0.3 is 0 Å². The van der Waals surface area contributed by atoms with Crippen LogP contribution in [0.1, 0.15) is 64.9 Å². The highest BCUT2D eigenvalue weighted by atomic mass is 35.5. The zero-order chi connectivity index (χ0) is 35.2. The van der Waals surface area contributed by atoms with Crippen LogP contribution in [0.15, 0.2) is 84.9 Å². The number of hydrogen-bond donors (Lipinski definition) is 3. The molecule has 0 aliphatic rings. The van der Waals surface area contributed by atoms with Crippen LogP contribution in [0.2, 0.25) is 10.0 Å². The maximum absolute atomic E-state index is 14.0. The number of nitrogens with one attached hydrogen (secondary N) is 2. The van der Waals surface area contributed by atoms with Crippen molar-refractivity contribution in [1.29, 1.82) is 0 Å². The molecule has 1 unspecified atom stereocenters. The van der Waals surface area contributed by atoms with Crippen molar-refractivity contribution in [2.24, 2.45) is 5.41 Å². The van der Waals surface area contributed by atoms with E-state index < -0.39 is 27.7 Å². The van der Waals surface area contributed by atoms with Gasteiger partial charge in [0.25, 0.3) is 16.0 Å². The van der Waals surface area contributed by atoms with E-state index in [1.807, 2.05) is 68.4 Å². The molecular weight excluding hydrogens is 667 g/mol. The van der Waals surface area contributed by atoms with E-state index in [9.17, 15) is 18.0 Å². The Hall–Kier alpha value is -3.95. The number of hydrogen-bond acceptors (Lipinski definition) is 4. The van der Waals surface area contributed by atoms with Crippen LogP contribution in [0.4, 0.5) is 5.69 Å². The second-order valence-electron chi connectivity index (χ2n) is 13.0. The summed E-state index contributed by atoms with van der Waals surface area (Å²) in [6, 6.07) is 24.1. The summed E-state index contributed by atoms with van der Waals surface area (Å²) >= 11 is 13.3. The lowest BCUT2D eigenvalue weighted by Crippen LogP contribution is -2.28. The predicted molar refractivity (Wildman–Crippen MR) is 197 cm³/mol. The fraction of sp³-hybridized carbons (Fsp3) is 0.263. The zero-order valence-corrected chi connectivity index (χ0v) is 29.9. The molecule has 252 valence electrons. The third kappa shape index (κ3) is 10.5. The second-order valence-corrected chi connectivity index (χ2v) is 15.4. The molecule has 0 fully saturated rings. The molecule has 3 N–H and O–H groups in total. The van der Waals surface area contributed by atoms with Crippen LogP contribution < -0.4 is 10.6 Å². The molecule has 0 saturated carbocycles. The molecule has 4 rings (SSSR count). The molecule has 2 amide bonds. The van der Waals surface area contributed by atoms with Crippen molar-refractivity contribution in [2.45, 2.75) is 47.0 Å². The van der Waals surface area contributed by atoms with Gasteiger partial charge in [0.15, 0.2) is 0 Å². The maximum Gasteiger partial charge on any atom is 0.266 e. The number of amides is 2. The number of allylic oxidation sites excluding steroid dienone is 1. The summed E-state index contributed by atoms with van der Waals surface area (Å²) in [6.07, 6.45) is 4.52. The van der Waals surface area contributed by atoms with E-state index in [4.69, 9.17) is 27.8 Å². The molecule has 48 heavy (non-hydrogen) atoms. The van der Waals surface area contributed by atoms with Crippen LogP contribution in [0.3, 0.4) is 0 Å². The van der Waals surface area contributed by atoms with E-state index in [1.165, 1.54) is 0 Å². The lowest BCUT2D eigenvalue weighted by atomic mass is 9.89. The smallest absolute Gasteiger partial charge is 0.266 e. The van der Waals surface area contributed by atoms with E-state index in [-0.39, 0.29) is 17.9 Å². The average Bonchev–Trinajstić information content (AvgIpc) is 3.00. The Balaban J connectivity index is 1.60. The van der Waals surface area contributed by atoms with Gasteiger partial charge in [0.1, 0.15) is 0 Å². The minimum absolute atomic E-state index is 0.0262. The largest absolute Gasteiger partial charge is 0.351 e. The summed E-state index contributed by atoms with van der Waals surface area (Å²) in [7, 11) is -4.19. The maximum atomic E-state index is 14.0. The number of anilines is 1. The molecule has 0 aromatic heterocycles. The topological polar surface area (TPSA) is 113 Å². The summed E-state index contributed by atoms with van der Waals surface area (Å²) in [4.78, 5) is 26.5. The number of carbonyl (C=O) groups is 2. The predicted octanol–water partition coefficient (Wildman–Crippen LogP) is 8.92. The van der Waals surface area contributed by atoms with Crippen molar-refractivity contribution in [3.8, 4) is 11.1 Å². The van der Waals surface area contributed by atoms with Crippen LogP contribution in [-0.4, -0.2) is 37.1 Å². The van der Waals surface area contributed by atoms with Gasteiger partial charge < -0.3 is 10.6 Å². The van der Waals surface area contributed by atoms with Gasteiger partial charge in [-0.2, -0.15) is 8.42 Å². The Morgan fingerprint density at radius 3 is 2.15 bits per heavy atom. The SMILES string of the molecule is Cc1ccc(-c2cc(Cl)c(NC(=O)C(Cc3ccc(C(=O)NCCS(=O)(=O)O)cc3)c3ccc(C=CC(C)(C)C)cc3)cc2C)c(Cl)c1. The zero-order valence-electron chi connectivity index (χ0n) is 27.6. The average molecular weight is 708 g/mol. The van der Waals surface area contributed by atoms with Crippen molar-refractivity contribution < 1.29 is 22.6 Å². The van der Waals surface area contributed by atoms with Crippen LogP contribution in [0.5, 0.6) is 0 Å². The molecule has 10 heteroatoms. The molecule has 0 bridgehead atoms. The molecular formula is C38H40Cl2N2O5S. The summed E-state index contributed by atoms with van der Waals surface area (Å²) < 4.78 is 30.8. The molecule has 1 atom stereocenters. The highest BCUT2D eigenvalue weighted by Gasteiger charge is 2.23. The standard InChI is InChI=1S/C38H40Cl2N2O5S/c1-24-6-15-30(33(39)20-24)31-23-34(40)35(21-25(31)2)42-37(44)32(28-11-7-26(8-12-28)16-17-38(3,4)5)22-27-9-13-29(14-10-27)36(43)41-18-19-48(45,46)47/h6-17,20-21,23,32H,18-19,22H2,1-5H3,(H,41,43)(H,42,44)(H,45,46,47). The van der Waals surface area contributed by atoms with Gasteiger partial charge in [-0.15, -0.1) is 0 Å². The molecule has 4 aromatic carbocycles. The van der Waals surface area contributed by atoms with Crippen LogP contribution >= 0.6 is 23.2 Å². The minimum Gasteiger partial charge on any atom is -0.351 e. The molecule has 0 radical (unpaired) electrons. The quantitative estimate of drug-likeness (QED) is 0.135. The van der Waals surface area contributed by atoms with Gasteiger partial charge in [-0.25, -0.2) is 0 Å². The molecule has 4 aromatic rings. The highest BCUT2D eigenvalue weighted by molar-refractivity contribution is 7.85. The van der Waals surface area contributed by atoms with Crippen LogP contribution in [0.25, 0.3) is 17.2 Å². The molecule has 7 nitrogen and oxygen atoms in total. The summed E-state index contributed by atoms with van der Waals surface area (Å²) in [5, 5.41) is 6.52. The van der Waals surface area contributed by atoms with Gasteiger partial charge in [0.05, 0.1) is 22.4 Å². The lowest BCUT2D eigenvalue weighted by Gasteiger charge is -2.20.